The Kier molecular flexibility index (Phi) is 5.46. The van der Waals surface area contributed by atoms with Gasteiger partial charge in [0.2, 0.25) is 0 Å². The van der Waals surface area contributed by atoms with Crippen molar-refractivity contribution in [2.45, 2.75) is 24.5 Å². The van der Waals surface area contributed by atoms with Crippen molar-refractivity contribution in [2.75, 3.05) is 12.3 Å². The summed E-state index contributed by atoms with van der Waals surface area (Å²) >= 11 is 0. The van der Waals surface area contributed by atoms with Crippen LogP contribution in [-0.2, 0) is 9.47 Å². The maximum Gasteiger partial charge on any atom is 0.338 e. The van der Waals surface area contributed by atoms with E-state index in [0.717, 1.165) is 0 Å². The average molecular weight is 426 g/mol. The Morgan fingerprint density at radius 2 is 1.94 bits per heavy atom. The van der Waals surface area contributed by atoms with Crippen LogP contribution < -0.4 is 5.73 Å². The van der Waals surface area contributed by atoms with E-state index >= 15 is 0 Å². The standard InChI is InChI=1S/C20H18N4O7/c21-13-3-4-22-18-15(13)23-9-24(18)19-17(28)16(27)14(31-19)8-30-20(29)10-1-2-11(6-25)12(5-10)7-26/h1-7,9,14,16-17,19,27-28H,8H2,(H2,21,22). The number of carbonyl (C=O) groups excluding carboxylic acids is 3. The van der Waals surface area contributed by atoms with Crippen LogP contribution in [0.3, 0.4) is 0 Å². The molecule has 11 heteroatoms. The molecule has 1 saturated heterocycles. The molecule has 1 aromatic carbocycles. The zero-order valence-corrected chi connectivity index (χ0v) is 16.0. The number of esters is 1. The van der Waals surface area contributed by atoms with Gasteiger partial charge in [-0.2, -0.15) is 0 Å². The number of fused-ring (bicyclic) bond motifs is 1. The van der Waals surface area contributed by atoms with E-state index in [4.69, 9.17) is 15.2 Å². The fourth-order valence-corrected chi connectivity index (χ4v) is 3.39. The van der Waals surface area contributed by atoms with Crippen LogP contribution in [0.1, 0.15) is 37.3 Å². The molecular formula is C20H18N4O7. The van der Waals surface area contributed by atoms with Gasteiger partial charge in [0.05, 0.1) is 17.6 Å². The number of aldehydes is 2. The van der Waals surface area contributed by atoms with Crippen LogP contribution in [0.15, 0.2) is 36.8 Å². The fourth-order valence-electron chi connectivity index (χ4n) is 3.39. The molecule has 1 fully saturated rings. The Morgan fingerprint density at radius 1 is 1.16 bits per heavy atom. The molecule has 160 valence electrons. The van der Waals surface area contributed by atoms with Crippen LogP contribution in [0.4, 0.5) is 5.69 Å². The second kappa shape index (κ2) is 8.22. The molecule has 1 aliphatic heterocycles. The number of hydrogen-bond donors (Lipinski definition) is 3. The average Bonchev–Trinajstić information content (AvgIpc) is 3.33. The van der Waals surface area contributed by atoms with Crippen LogP contribution in [-0.4, -0.2) is 68.2 Å². The third-order valence-electron chi connectivity index (χ3n) is 5.06. The second-order valence-electron chi connectivity index (χ2n) is 6.95. The normalized spacial score (nSPS) is 23.0. The summed E-state index contributed by atoms with van der Waals surface area (Å²) in [5, 5.41) is 20.8. The molecule has 3 heterocycles. The lowest BCUT2D eigenvalue weighted by molar-refractivity contribution is -0.0565. The molecule has 2 aromatic heterocycles. The number of rotatable bonds is 6. The Labute approximate surface area is 175 Å². The number of anilines is 1. The van der Waals surface area contributed by atoms with E-state index < -0.39 is 30.5 Å². The summed E-state index contributed by atoms with van der Waals surface area (Å²) < 4.78 is 12.3. The maximum absolute atomic E-state index is 12.3. The first-order chi connectivity index (χ1) is 14.9. The summed E-state index contributed by atoms with van der Waals surface area (Å²) in [5.74, 6) is -0.781. The Bertz CT molecular complexity index is 1160. The quantitative estimate of drug-likeness (QED) is 0.364. The Morgan fingerprint density at radius 3 is 2.68 bits per heavy atom. The monoisotopic (exact) mass is 426 g/mol. The van der Waals surface area contributed by atoms with Crippen molar-refractivity contribution in [3.8, 4) is 0 Å². The molecule has 0 saturated carbocycles. The molecule has 0 radical (unpaired) electrons. The molecule has 11 nitrogen and oxygen atoms in total. The largest absolute Gasteiger partial charge is 0.459 e. The van der Waals surface area contributed by atoms with Crippen molar-refractivity contribution in [1.29, 1.82) is 0 Å². The van der Waals surface area contributed by atoms with Gasteiger partial charge in [-0.15, -0.1) is 0 Å². The van der Waals surface area contributed by atoms with Crippen LogP contribution >= 0.6 is 0 Å². The number of benzene rings is 1. The molecule has 4 N–H and O–H groups in total. The molecule has 0 spiro atoms. The molecule has 3 aromatic rings. The minimum Gasteiger partial charge on any atom is -0.459 e. The lowest BCUT2D eigenvalue weighted by atomic mass is 10.1. The van der Waals surface area contributed by atoms with E-state index in [1.165, 1.54) is 35.3 Å². The first-order valence-corrected chi connectivity index (χ1v) is 9.24. The van der Waals surface area contributed by atoms with Crippen LogP contribution in [0.25, 0.3) is 11.2 Å². The van der Waals surface area contributed by atoms with Crippen molar-refractivity contribution < 1.29 is 34.1 Å². The maximum atomic E-state index is 12.3. The molecule has 0 aliphatic carbocycles. The number of nitrogens with zero attached hydrogens (tertiary/aromatic N) is 3. The van der Waals surface area contributed by atoms with Crippen LogP contribution in [0, 0.1) is 0 Å². The predicted molar refractivity (Wildman–Crippen MR) is 105 cm³/mol. The lowest BCUT2D eigenvalue weighted by Gasteiger charge is -2.16. The van der Waals surface area contributed by atoms with Gasteiger partial charge in [-0.1, -0.05) is 6.07 Å². The highest BCUT2D eigenvalue weighted by atomic mass is 16.6. The number of aromatic nitrogens is 3. The molecule has 0 amide bonds. The highest BCUT2D eigenvalue weighted by molar-refractivity contribution is 5.96. The minimum atomic E-state index is -1.35. The number of aliphatic hydroxyl groups is 2. The summed E-state index contributed by atoms with van der Waals surface area (Å²) in [6.45, 7) is -0.360. The van der Waals surface area contributed by atoms with Crippen molar-refractivity contribution >= 4 is 35.4 Å². The smallest absolute Gasteiger partial charge is 0.338 e. The summed E-state index contributed by atoms with van der Waals surface area (Å²) in [6, 6.07) is 5.49. The lowest BCUT2D eigenvalue weighted by Crippen LogP contribution is -2.34. The van der Waals surface area contributed by atoms with Gasteiger partial charge in [0, 0.05) is 17.3 Å². The third-order valence-corrected chi connectivity index (χ3v) is 5.06. The molecule has 0 bridgehead atoms. The third kappa shape index (κ3) is 3.65. The molecule has 4 unspecified atom stereocenters. The summed E-state index contributed by atoms with van der Waals surface area (Å²) in [7, 11) is 0. The van der Waals surface area contributed by atoms with Gasteiger partial charge in [0.25, 0.3) is 0 Å². The van der Waals surface area contributed by atoms with Gasteiger partial charge in [-0.25, -0.2) is 14.8 Å². The van der Waals surface area contributed by atoms with Gasteiger partial charge < -0.3 is 25.4 Å². The number of carbonyl (C=O) groups is 3. The number of nitrogens with two attached hydrogens (primary N) is 1. The van der Waals surface area contributed by atoms with E-state index in [1.54, 1.807) is 6.07 Å². The topological polar surface area (TPSA) is 167 Å². The summed E-state index contributed by atoms with van der Waals surface area (Å²) in [5.41, 5.74) is 7.31. The van der Waals surface area contributed by atoms with Gasteiger partial charge in [0.1, 0.15) is 30.4 Å². The number of ether oxygens (including phenoxy) is 2. The van der Waals surface area contributed by atoms with Crippen molar-refractivity contribution in [1.82, 2.24) is 14.5 Å². The van der Waals surface area contributed by atoms with E-state index in [-0.39, 0.29) is 23.3 Å². The first kappa shape index (κ1) is 20.6. The predicted octanol–water partition coefficient (Wildman–Crippen LogP) is 0.115. The van der Waals surface area contributed by atoms with Crippen LogP contribution in [0.5, 0.6) is 0 Å². The SMILES string of the molecule is Nc1ccnc2c1ncn2C1OC(COC(=O)c2ccc(C=O)c(C=O)c2)C(O)C1O. The number of hydrogen-bond acceptors (Lipinski definition) is 10. The fraction of sp³-hybridized carbons (Fsp3) is 0.250. The number of imidazole rings is 1. The van der Waals surface area contributed by atoms with E-state index in [0.29, 0.717) is 29.4 Å². The van der Waals surface area contributed by atoms with Gasteiger partial charge in [0.15, 0.2) is 24.4 Å². The highest BCUT2D eigenvalue weighted by Crippen LogP contribution is 2.32. The number of nitrogen functional groups attached to an aromatic ring is 1. The Balaban J connectivity index is 1.47. The summed E-state index contributed by atoms with van der Waals surface area (Å²) in [4.78, 5) is 42.6. The molecule has 4 rings (SSSR count). The molecule has 4 atom stereocenters. The van der Waals surface area contributed by atoms with E-state index in [9.17, 15) is 24.6 Å². The molecule has 31 heavy (non-hydrogen) atoms. The van der Waals surface area contributed by atoms with Crippen molar-refractivity contribution in [2.24, 2.45) is 0 Å². The van der Waals surface area contributed by atoms with Crippen molar-refractivity contribution in [3.05, 3.63) is 53.5 Å². The molecular weight excluding hydrogens is 408 g/mol. The zero-order valence-electron chi connectivity index (χ0n) is 16.0. The summed E-state index contributed by atoms with van der Waals surface area (Å²) in [6.07, 6.45) is -0.895. The zero-order chi connectivity index (χ0) is 22.1. The number of aliphatic hydroxyl groups excluding tert-OH is 2. The first-order valence-electron chi connectivity index (χ1n) is 9.24. The van der Waals surface area contributed by atoms with Crippen LogP contribution in [0.2, 0.25) is 0 Å². The van der Waals surface area contributed by atoms with E-state index in [2.05, 4.69) is 9.97 Å². The minimum absolute atomic E-state index is 0.0517. The van der Waals surface area contributed by atoms with Crippen molar-refractivity contribution in [3.63, 3.8) is 0 Å². The van der Waals surface area contributed by atoms with E-state index in [1.807, 2.05) is 0 Å². The highest BCUT2D eigenvalue weighted by Gasteiger charge is 2.45. The Hall–Kier alpha value is -3.67. The number of pyridine rings is 1. The second-order valence-corrected chi connectivity index (χ2v) is 6.95. The molecule has 1 aliphatic rings. The van der Waals surface area contributed by atoms with Gasteiger partial charge in [-0.05, 0) is 18.2 Å². The van der Waals surface area contributed by atoms with Gasteiger partial charge >= 0.3 is 5.97 Å². The van der Waals surface area contributed by atoms with Gasteiger partial charge in [-0.3, -0.25) is 14.2 Å².